The molecule has 29 heavy (non-hydrogen) atoms. The molecule has 2 aliphatic rings. The number of carbonyl (C=O) groups excluding carboxylic acids is 2. The monoisotopic (exact) mass is 398 g/mol. The van der Waals surface area contributed by atoms with E-state index in [1.54, 1.807) is 42.3 Å². The molecule has 4 rings (SSSR count). The van der Waals surface area contributed by atoms with Crippen molar-refractivity contribution < 1.29 is 19.4 Å². The Morgan fingerprint density at radius 3 is 2.69 bits per heavy atom. The highest BCUT2D eigenvalue weighted by Crippen LogP contribution is 2.33. The highest BCUT2D eigenvalue weighted by molar-refractivity contribution is 6.03. The van der Waals surface area contributed by atoms with Crippen LogP contribution >= 0.6 is 0 Å². The van der Waals surface area contributed by atoms with Crippen LogP contribution in [0.4, 0.5) is 5.69 Å². The maximum Gasteiger partial charge on any atom is 0.273 e. The van der Waals surface area contributed by atoms with E-state index >= 15 is 0 Å². The first-order valence-corrected chi connectivity index (χ1v) is 9.89. The number of ether oxygens (including phenoxy) is 1. The van der Waals surface area contributed by atoms with E-state index in [1.165, 1.54) is 4.68 Å². The fourth-order valence-electron chi connectivity index (χ4n) is 3.71. The molecule has 0 radical (unpaired) electrons. The first kappa shape index (κ1) is 19.6. The van der Waals surface area contributed by atoms with Crippen LogP contribution in [0.5, 0.6) is 0 Å². The number of aromatic nitrogens is 2. The molecule has 1 aliphatic carbocycles. The van der Waals surface area contributed by atoms with E-state index in [4.69, 9.17) is 4.74 Å². The molecule has 0 unspecified atom stereocenters. The van der Waals surface area contributed by atoms with Crippen molar-refractivity contribution in [2.24, 2.45) is 13.0 Å². The molecule has 1 aromatic heterocycles. The number of hydrogen-bond donors (Lipinski definition) is 2. The summed E-state index contributed by atoms with van der Waals surface area (Å²) >= 11 is 0. The third kappa shape index (κ3) is 4.33. The third-order valence-corrected chi connectivity index (χ3v) is 5.50. The number of morpholine rings is 1. The van der Waals surface area contributed by atoms with Crippen LogP contribution in [0.25, 0.3) is 0 Å². The minimum atomic E-state index is -0.845. The average Bonchev–Trinajstić information content (AvgIpc) is 3.45. The van der Waals surface area contributed by atoms with Crippen molar-refractivity contribution in [2.45, 2.75) is 31.9 Å². The largest absolute Gasteiger partial charge is 0.386 e. The number of aliphatic hydroxyl groups is 1. The summed E-state index contributed by atoms with van der Waals surface area (Å²) in [4.78, 5) is 26.5. The standard InChI is InChI=1S/C21H26N4O4/c1-13-9-17(24(2)23-13)21(28)22-16-7-5-15(6-8-16)20(27)18-11-29-12-19(26)25(18)10-14-3-4-14/h5-9,14,18,20,27H,3-4,10-12H2,1-2H3,(H,22,28)/t18-,20-/m1/s1. The van der Waals surface area contributed by atoms with Crippen LogP contribution in [0.3, 0.4) is 0 Å². The van der Waals surface area contributed by atoms with Gasteiger partial charge in [0.1, 0.15) is 18.4 Å². The molecule has 1 saturated heterocycles. The Balaban J connectivity index is 1.44. The number of benzene rings is 1. The van der Waals surface area contributed by atoms with Crippen LogP contribution in [-0.4, -0.2) is 57.4 Å². The molecule has 8 heteroatoms. The molecule has 2 heterocycles. The quantitative estimate of drug-likeness (QED) is 0.771. The second-order valence-corrected chi connectivity index (χ2v) is 7.89. The lowest BCUT2D eigenvalue weighted by molar-refractivity contribution is -0.154. The number of anilines is 1. The molecule has 2 atom stereocenters. The highest BCUT2D eigenvalue weighted by atomic mass is 16.5. The second-order valence-electron chi connectivity index (χ2n) is 7.89. The van der Waals surface area contributed by atoms with E-state index in [2.05, 4.69) is 10.4 Å². The minimum absolute atomic E-state index is 0.0671. The Kier molecular flexibility index (Phi) is 5.38. The molecule has 1 aliphatic heterocycles. The Morgan fingerprint density at radius 1 is 1.34 bits per heavy atom. The minimum Gasteiger partial charge on any atom is -0.386 e. The van der Waals surface area contributed by atoms with Crippen molar-refractivity contribution in [3.05, 3.63) is 47.3 Å². The number of aliphatic hydroxyl groups excluding tert-OH is 1. The zero-order chi connectivity index (χ0) is 20.5. The van der Waals surface area contributed by atoms with Crippen molar-refractivity contribution in [1.82, 2.24) is 14.7 Å². The lowest BCUT2D eigenvalue weighted by atomic mass is 9.99. The predicted octanol–water partition coefficient (Wildman–Crippen LogP) is 1.65. The number of carbonyl (C=O) groups is 2. The number of hydrogen-bond acceptors (Lipinski definition) is 5. The summed E-state index contributed by atoms with van der Waals surface area (Å²) in [5, 5.41) is 17.9. The van der Waals surface area contributed by atoms with Gasteiger partial charge < -0.3 is 20.1 Å². The van der Waals surface area contributed by atoms with Crippen LogP contribution in [0.2, 0.25) is 0 Å². The molecule has 154 valence electrons. The molecule has 0 bridgehead atoms. The lowest BCUT2D eigenvalue weighted by Gasteiger charge is -2.38. The number of nitrogens with zero attached hydrogens (tertiary/aromatic N) is 3. The summed E-state index contributed by atoms with van der Waals surface area (Å²) in [6.07, 6.45) is 1.43. The Labute approximate surface area is 169 Å². The van der Waals surface area contributed by atoms with Crippen LogP contribution in [0, 0.1) is 12.8 Å². The second kappa shape index (κ2) is 7.96. The van der Waals surface area contributed by atoms with Gasteiger partial charge in [-0.3, -0.25) is 14.3 Å². The van der Waals surface area contributed by atoms with Gasteiger partial charge in [0, 0.05) is 19.3 Å². The first-order valence-electron chi connectivity index (χ1n) is 9.89. The number of aryl methyl sites for hydroxylation is 2. The Hall–Kier alpha value is -2.71. The van der Waals surface area contributed by atoms with Gasteiger partial charge in [-0.1, -0.05) is 12.1 Å². The zero-order valence-electron chi connectivity index (χ0n) is 16.7. The zero-order valence-corrected chi connectivity index (χ0v) is 16.7. The predicted molar refractivity (Wildman–Crippen MR) is 106 cm³/mol. The molecular weight excluding hydrogens is 372 g/mol. The highest BCUT2D eigenvalue weighted by Gasteiger charge is 2.37. The molecule has 1 aromatic carbocycles. The molecule has 0 spiro atoms. The fourth-order valence-corrected chi connectivity index (χ4v) is 3.71. The molecular formula is C21H26N4O4. The van der Waals surface area contributed by atoms with Crippen LogP contribution in [-0.2, 0) is 16.6 Å². The molecule has 1 saturated carbocycles. The lowest BCUT2D eigenvalue weighted by Crippen LogP contribution is -2.52. The number of nitrogens with one attached hydrogen (secondary N) is 1. The van der Waals surface area contributed by atoms with Crippen LogP contribution < -0.4 is 5.32 Å². The van der Waals surface area contributed by atoms with Gasteiger partial charge in [0.25, 0.3) is 5.91 Å². The molecule has 8 nitrogen and oxygen atoms in total. The van der Waals surface area contributed by atoms with Gasteiger partial charge in [-0.15, -0.1) is 0 Å². The van der Waals surface area contributed by atoms with Gasteiger partial charge in [0.15, 0.2) is 0 Å². The summed E-state index contributed by atoms with van der Waals surface area (Å²) in [5.74, 6) is 0.228. The van der Waals surface area contributed by atoms with Crippen LogP contribution in [0.15, 0.2) is 30.3 Å². The maximum atomic E-state index is 12.4. The maximum absolute atomic E-state index is 12.4. The summed E-state index contributed by atoms with van der Waals surface area (Å²) < 4.78 is 6.93. The van der Waals surface area contributed by atoms with Gasteiger partial charge >= 0.3 is 0 Å². The summed E-state index contributed by atoms with van der Waals surface area (Å²) in [7, 11) is 1.72. The van der Waals surface area contributed by atoms with Crippen molar-refractivity contribution in [2.75, 3.05) is 25.1 Å². The van der Waals surface area contributed by atoms with Crippen molar-refractivity contribution in [3.63, 3.8) is 0 Å². The van der Waals surface area contributed by atoms with E-state index in [0.717, 1.165) is 18.5 Å². The number of rotatable bonds is 6. The van der Waals surface area contributed by atoms with Gasteiger partial charge in [0.05, 0.1) is 18.3 Å². The SMILES string of the molecule is Cc1cc(C(=O)Nc2ccc([C@@H](O)[C@H]3COCC(=O)N3CC3CC3)cc2)n(C)n1. The molecule has 2 fully saturated rings. The summed E-state index contributed by atoms with van der Waals surface area (Å²) in [6.45, 7) is 2.91. The van der Waals surface area contributed by atoms with E-state index in [1.807, 2.05) is 6.92 Å². The van der Waals surface area contributed by atoms with Crippen LogP contribution in [0.1, 0.15) is 40.7 Å². The normalized spacial score (nSPS) is 20.6. The van der Waals surface area contributed by atoms with Gasteiger partial charge in [-0.05, 0) is 49.4 Å². The van der Waals surface area contributed by atoms with Gasteiger partial charge in [0.2, 0.25) is 5.91 Å². The number of amides is 2. The molecule has 2 aromatic rings. The third-order valence-electron chi connectivity index (χ3n) is 5.50. The van der Waals surface area contributed by atoms with Crippen molar-refractivity contribution in [1.29, 1.82) is 0 Å². The van der Waals surface area contributed by atoms with E-state index < -0.39 is 12.1 Å². The fraction of sp³-hybridized carbons (Fsp3) is 0.476. The van der Waals surface area contributed by atoms with E-state index in [0.29, 0.717) is 36.0 Å². The Morgan fingerprint density at radius 2 is 2.07 bits per heavy atom. The van der Waals surface area contributed by atoms with Gasteiger partial charge in [-0.2, -0.15) is 5.10 Å². The first-order chi connectivity index (χ1) is 13.9. The van der Waals surface area contributed by atoms with E-state index in [-0.39, 0.29) is 18.4 Å². The molecule has 2 amide bonds. The van der Waals surface area contributed by atoms with E-state index in [9.17, 15) is 14.7 Å². The Bertz CT molecular complexity index is 904. The average molecular weight is 398 g/mol. The van der Waals surface area contributed by atoms with Crippen molar-refractivity contribution >= 4 is 17.5 Å². The topological polar surface area (TPSA) is 96.7 Å². The molecule has 2 N–H and O–H groups in total. The van der Waals surface area contributed by atoms with Crippen molar-refractivity contribution in [3.8, 4) is 0 Å². The smallest absolute Gasteiger partial charge is 0.273 e. The van der Waals surface area contributed by atoms with Gasteiger partial charge in [-0.25, -0.2) is 0 Å². The summed E-state index contributed by atoms with van der Waals surface area (Å²) in [5.41, 5.74) is 2.55. The summed E-state index contributed by atoms with van der Waals surface area (Å²) in [6, 6.07) is 8.36.